The van der Waals surface area contributed by atoms with Gasteiger partial charge >= 0.3 is 0 Å². The number of ether oxygens (including phenoxy) is 1. The summed E-state index contributed by atoms with van der Waals surface area (Å²) < 4.78 is 5.43. The summed E-state index contributed by atoms with van der Waals surface area (Å²) in [6, 6.07) is 3.90. The molecule has 3 N–H and O–H groups in total. The van der Waals surface area contributed by atoms with Crippen LogP contribution >= 0.6 is 11.6 Å². The first-order chi connectivity index (χ1) is 8.54. The highest BCUT2D eigenvalue weighted by Gasteiger charge is 2.37. The fraction of sp³-hybridized carbons (Fsp3) is 0.571. The zero-order chi connectivity index (χ0) is 13.2. The van der Waals surface area contributed by atoms with Crippen LogP contribution in [0.15, 0.2) is 12.1 Å². The Bertz CT molecular complexity index is 430. The van der Waals surface area contributed by atoms with E-state index in [4.69, 9.17) is 22.1 Å². The van der Waals surface area contributed by atoms with Gasteiger partial charge in [0, 0.05) is 17.1 Å². The van der Waals surface area contributed by atoms with E-state index in [1.54, 1.807) is 7.11 Å². The predicted molar refractivity (Wildman–Crippen MR) is 75.5 cm³/mol. The molecule has 0 radical (unpaired) electrons. The maximum Gasteiger partial charge on any atom is 0.125 e. The normalized spacial score (nSPS) is 16.7. The molecule has 0 unspecified atom stereocenters. The van der Waals surface area contributed by atoms with Gasteiger partial charge in [0.05, 0.1) is 7.11 Å². The summed E-state index contributed by atoms with van der Waals surface area (Å²) in [4.78, 5) is 0. The van der Waals surface area contributed by atoms with Crippen LogP contribution in [0.3, 0.4) is 0 Å². The number of nitrogens with one attached hydrogen (secondary N) is 1. The van der Waals surface area contributed by atoms with Crippen molar-refractivity contribution in [1.29, 1.82) is 0 Å². The van der Waals surface area contributed by atoms with E-state index in [0.29, 0.717) is 0 Å². The first-order valence-corrected chi connectivity index (χ1v) is 6.74. The van der Waals surface area contributed by atoms with Crippen molar-refractivity contribution in [2.75, 3.05) is 20.2 Å². The van der Waals surface area contributed by atoms with Crippen LogP contribution in [0, 0.1) is 6.92 Å². The van der Waals surface area contributed by atoms with Gasteiger partial charge in [-0.15, -0.1) is 0 Å². The van der Waals surface area contributed by atoms with Crippen molar-refractivity contribution < 1.29 is 4.74 Å². The van der Waals surface area contributed by atoms with Crippen LogP contribution in [-0.4, -0.2) is 25.7 Å². The first-order valence-electron chi connectivity index (χ1n) is 6.37. The zero-order valence-electron chi connectivity index (χ0n) is 11.1. The number of hydrogen-bond acceptors (Lipinski definition) is 3. The summed E-state index contributed by atoms with van der Waals surface area (Å²) in [6.07, 6.45) is 3.18. The average Bonchev–Trinajstić information content (AvgIpc) is 3.03. The number of methoxy groups -OCH3 is 1. The molecule has 0 spiro atoms. The van der Waals surface area contributed by atoms with Crippen molar-refractivity contribution in [3.05, 3.63) is 28.3 Å². The lowest BCUT2D eigenvalue weighted by molar-refractivity contribution is 0.406. The van der Waals surface area contributed by atoms with Crippen LogP contribution in [0.5, 0.6) is 5.75 Å². The third kappa shape index (κ3) is 3.37. The van der Waals surface area contributed by atoms with Crippen LogP contribution in [0.25, 0.3) is 0 Å². The fourth-order valence-electron chi connectivity index (χ4n) is 2.17. The van der Waals surface area contributed by atoms with Gasteiger partial charge in [-0.05, 0) is 56.0 Å². The van der Waals surface area contributed by atoms with Gasteiger partial charge in [0.25, 0.3) is 0 Å². The molecule has 0 aliphatic heterocycles. The third-order valence-corrected chi connectivity index (χ3v) is 3.68. The summed E-state index contributed by atoms with van der Waals surface area (Å²) in [5, 5.41) is 4.17. The topological polar surface area (TPSA) is 47.3 Å². The van der Waals surface area contributed by atoms with Gasteiger partial charge in [-0.2, -0.15) is 0 Å². The number of hydrogen-bond donors (Lipinski definition) is 2. The lowest BCUT2D eigenvalue weighted by atomic mass is 10.1. The molecule has 0 saturated heterocycles. The average molecular weight is 269 g/mol. The first kappa shape index (κ1) is 13.7. The summed E-state index contributed by atoms with van der Waals surface area (Å²) >= 11 is 6.08. The predicted octanol–water partition coefficient (Wildman–Crippen LogP) is 2.28. The second-order valence-corrected chi connectivity index (χ2v) is 5.64. The molecule has 0 amide bonds. The summed E-state index contributed by atoms with van der Waals surface area (Å²) in [7, 11) is 1.70. The summed E-state index contributed by atoms with van der Waals surface area (Å²) in [5.74, 6) is 0.940. The van der Waals surface area contributed by atoms with Gasteiger partial charge in [0.2, 0.25) is 0 Å². The van der Waals surface area contributed by atoms with Crippen LogP contribution in [-0.2, 0) is 6.42 Å². The lowest BCUT2D eigenvalue weighted by Gasteiger charge is -2.14. The Morgan fingerprint density at radius 2 is 2.17 bits per heavy atom. The maximum absolute atomic E-state index is 6.08. The van der Waals surface area contributed by atoms with Crippen LogP contribution in [0.4, 0.5) is 0 Å². The highest BCUT2D eigenvalue weighted by Crippen LogP contribution is 2.31. The van der Waals surface area contributed by atoms with Crippen LogP contribution in [0.1, 0.15) is 24.0 Å². The van der Waals surface area contributed by atoms with Crippen molar-refractivity contribution in [1.82, 2.24) is 5.32 Å². The number of halogens is 1. The van der Waals surface area contributed by atoms with Gasteiger partial charge in [-0.3, -0.25) is 0 Å². The van der Waals surface area contributed by atoms with E-state index < -0.39 is 0 Å². The van der Waals surface area contributed by atoms with Gasteiger partial charge in [-0.25, -0.2) is 0 Å². The molecule has 0 heterocycles. The Labute approximate surface area is 114 Å². The molecule has 100 valence electrons. The van der Waals surface area contributed by atoms with E-state index in [9.17, 15) is 0 Å². The fourth-order valence-corrected chi connectivity index (χ4v) is 2.47. The molecule has 3 nitrogen and oxygen atoms in total. The Hall–Kier alpha value is -0.770. The lowest BCUT2D eigenvalue weighted by Crippen LogP contribution is -2.36. The molecule has 18 heavy (non-hydrogen) atoms. The summed E-state index contributed by atoms with van der Waals surface area (Å²) in [5.41, 5.74) is 8.32. The molecule has 1 saturated carbocycles. The van der Waals surface area contributed by atoms with Gasteiger partial charge in [0.15, 0.2) is 0 Å². The molecule has 1 aromatic carbocycles. The molecule has 1 aromatic rings. The number of benzene rings is 1. The number of rotatable bonds is 6. The van der Waals surface area contributed by atoms with Gasteiger partial charge in [0.1, 0.15) is 5.75 Å². The minimum atomic E-state index is 0.0638. The van der Waals surface area contributed by atoms with E-state index in [0.717, 1.165) is 54.3 Å². The molecule has 1 fully saturated rings. The van der Waals surface area contributed by atoms with E-state index >= 15 is 0 Å². The Balaban J connectivity index is 1.91. The van der Waals surface area contributed by atoms with E-state index in [1.165, 1.54) is 0 Å². The van der Waals surface area contributed by atoms with Gasteiger partial charge in [-0.1, -0.05) is 11.6 Å². The highest BCUT2D eigenvalue weighted by atomic mass is 35.5. The van der Waals surface area contributed by atoms with Crippen molar-refractivity contribution in [2.24, 2.45) is 5.73 Å². The highest BCUT2D eigenvalue weighted by molar-refractivity contribution is 6.30. The number of nitrogens with two attached hydrogens (primary N) is 1. The SMILES string of the molecule is COc1c(C)cc(Cl)cc1CCNCC1(N)CC1. The molecule has 4 heteroatoms. The van der Waals surface area contributed by atoms with Crippen molar-refractivity contribution >= 4 is 11.6 Å². The second-order valence-electron chi connectivity index (χ2n) is 5.20. The Kier molecular flexibility index (Phi) is 4.15. The smallest absolute Gasteiger partial charge is 0.125 e. The standard InChI is InChI=1S/C14H21ClN2O/c1-10-7-12(15)8-11(13(10)18-2)3-6-17-9-14(16)4-5-14/h7-8,17H,3-6,9,16H2,1-2H3. The largest absolute Gasteiger partial charge is 0.496 e. The number of aryl methyl sites for hydroxylation is 1. The maximum atomic E-state index is 6.08. The quantitative estimate of drug-likeness (QED) is 0.778. The van der Waals surface area contributed by atoms with Crippen molar-refractivity contribution in [3.63, 3.8) is 0 Å². The van der Waals surface area contributed by atoms with Crippen LogP contribution < -0.4 is 15.8 Å². The van der Waals surface area contributed by atoms with E-state index in [2.05, 4.69) is 5.32 Å². The van der Waals surface area contributed by atoms with Crippen molar-refractivity contribution in [3.8, 4) is 5.75 Å². The minimum absolute atomic E-state index is 0.0638. The molecule has 0 atom stereocenters. The molecule has 2 rings (SSSR count). The van der Waals surface area contributed by atoms with Crippen molar-refractivity contribution in [2.45, 2.75) is 31.7 Å². The monoisotopic (exact) mass is 268 g/mol. The minimum Gasteiger partial charge on any atom is -0.496 e. The van der Waals surface area contributed by atoms with Crippen LogP contribution in [0.2, 0.25) is 5.02 Å². The van der Waals surface area contributed by atoms with E-state index in [1.807, 2.05) is 19.1 Å². The summed E-state index contributed by atoms with van der Waals surface area (Å²) in [6.45, 7) is 3.81. The van der Waals surface area contributed by atoms with E-state index in [-0.39, 0.29) is 5.54 Å². The van der Waals surface area contributed by atoms with Gasteiger partial charge < -0.3 is 15.8 Å². The molecule has 1 aliphatic carbocycles. The third-order valence-electron chi connectivity index (χ3n) is 3.46. The Morgan fingerprint density at radius 3 is 2.78 bits per heavy atom. The Morgan fingerprint density at radius 1 is 1.44 bits per heavy atom. The second kappa shape index (κ2) is 5.47. The molecule has 0 bridgehead atoms. The molecule has 1 aliphatic rings. The molecular formula is C14H21ClN2O. The molecule has 0 aromatic heterocycles. The molecular weight excluding hydrogens is 248 g/mol. The zero-order valence-corrected chi connectivity index (χ0v) is 11.8.